The van der Waals surface area contributed by atoms with Crippen molar-refractivity contribution in [2.45, 2.75) is 30.5 Å². The summed E-state index contributed by atoms with van der Waals surface area (Å²) in [4.78, 5) is 0. The molecule has 3 rings (SSSR count). The van der Waals surface area contributed by atoms with E-state index < -0.39 is 0 Å². The molecule has 1 aliphatic heterocycles. The summed E-state index contributed by atoms with van der Waals surface area (Å²) < 4.78 is 4.10. The molecule has 20 heavy (non-hydrogen) atoms. The Kier molecular flexibility index (Phi) is 4.31. The number of nitrogens with zero attached hydrogens (tertiary/aromatic N) is 6. The topological polar surface area (TPSA) is 73.5 Å². The van der Waals surface area contributed by atoms with Crippen molar-refractivity contribution >= 4 is 11.8 Å². The average molecular weight is 293 g/mol. The minimum atomic E-state index is 0.494. The Morgan fingerprint density at radius 2 is 2.20 bits per heavy atom. The molecule has 0 radical (unpaired) electrons. The van der Waals surface area contributed by atoms with Crippen LogP contribution in [0.4, 0.5) is 0 Å². The molecule has 0 amide bonds. The van der Waals surface area contributed by atoms with E-state index in [-0.39, 0.29) is 0 Å². The SMILES string of the molecule is Cn1c(SCCn2cnnc2)nnc1[C@H]1CCCNC1. The van der Waals surface area contributed by atoms with Gasteiger partial charge in [0.1, 0.15) is 18.5 Å². The molecule has 0 spiro atoms. The van der Waals surface area contributed by atoms with E-state index in [1.807, 2.05) is 4.57 Å². The molecule has 1 N–H and O–H groups in total. The van der Waals surface area contributed by atoms with Crippen LogP contribution in [-0.4, -0.2) is 48.4 Å². The van der Waals surface area contributed by atoms with E-state index in [0.29, 0.717) is 5.92 Å². The van der Waals surface area contributed by atoms with Crippen LogP contribution in [0.2, 0.25) is 0 Å². The van der Waals surface area contributed by atoms with Gasteiger partial charge in [0.2, 0.25) is 0 Å². The molecule has 7 nitrogen and oxygen atoms in total. The van der Waals surface area contributed by atoms with E-state index in [0.717, 1.165) is 36.4 Å². The second kappa shape index (κ2) is 6.36. The van der Waals surface area contributed by atoms with Crippen LogP contribution in [0.5, 0.6) is 0 Å². The first kappa shape index (κ1) is 13.6. The van der Waals surface area contributed by atoms with Crippen molar-refractivity contribution in [1.82, 2.24) is 34.8 Å². The second-order valence-electron chi connectivity index (χ2n) is 4.99. The first-order chi connectivity index (χ1) is 9.84. The molecular formula is C12H19N7S. The minimum Gasteiger partial charge on any atom is -0.319 e. The highest BCUT2D eigenvalue weighted by Crippen LogP contribution is 2.24. The Labute approximate surface area is 122 Å². The number of rotatable bonds is 5. The number of piperidine rings is 1. The Morgan fingerprint density at radius 1 is 1.35 bits per heavy atom. The maximum atomic E-state index is 4.38. The van der Waals surface area contributed by atoms with Crippen LogP contribution < -0.4 is 5.32 Å². The van der Waals surface area contributed by atoms with Gasteiger partial charge >= 0.3 is 0 Å². The highest BCUT2D eigenvalue weighted by atomic mass is 32.2. The molecule has 2 aromatic rings. The summed E-state index contributed by atoms with van der Waals surface area (Å²) in [6.45, 7) is 3.01. The van der Waals surface area contributed by atoms with E-state index in [1.54, 1.807) is 24.4 Å². The summed E-state index contributed by atoms with van der Waals surface area (Å²) in [6.07, 6.45) is 5.88. The monoisotopic (exact) mass is 293 g/mol. The fourth-order valence-corrected chi connectivity index (χ4v) is 3.33. The molecule has 0 saturated carbocycles. The molecule has 108 valence electrons. The third-order valence-electron chi connectivity index (χ3n) is 3.58. The predicted molar refractivity (Wildman–Crippen MR) is 76.6 cm³/mol. The average Bonchev–Trinajstić information content (AvgIpc) is 3.11. The van der Waals surface area contributed by atoms with Gasteiger partial charge in [-0.05, 0) is 19.4 Å². The van der Waals surface area contributed by atoms with Gasteiger partial charge in [-0.1, -0.05) is 11.8 Å². The number of aromatic nitrogens is 6. The number of hydrogen-bond acceptors (Lipinski definition) is 6. The van der Waals surface area contributed by atoms with Gasteiger partial charge in [0, 0.05) is 31.8 Å². The van der Waals surface area contributed by atoms with Crippen LogP contribution in [0.15, 0.2) is 17.8 Å². The highest BCUT2D eigenvalue weighted by molar-refractivity contribution is 7.99. The Hall–Kier alpha value is -1.41. The van der Waals surface area contributed by atoms with Gasteiger partial charge in [-0.3, -0.25) is 0 Å². The van der Waals surface area contributed by atoms with Gasteiger partial charge in [-0.2, -0.15) is 0 Å². The lowest BCUT2D eigenvalue weighted by atomic mass is 9.99. The Morgan fingerprint density at radius 3 is 2.95 bits per heavy atom. The Balaban J connectivity index is 1.58. The third-order valence-corrected chi connectivity index (χ3v) is 4.58. The molecule has 1 atom stereocenters. The van der Waals surface area contributed by atoms with Gasteiger partial charge in [0.25, 0.3) is 0 Å². The fraction of sp³-hybridized carbons (Fsp3) is 0.667. The van der Waals surface area contributed by atoms with Crippen LogP contribution in [0, 0.1) is 0 Å². The largest absolute Gasteiger partial charge is 0.319 e. The van der Waals surface area contributed by atoms with Gasteiger partial charge in [-0.15, -0.1) is 20.4 Å². The molecule has 1 saturated heterocycles. The molecule has 0 bridgehead atoms. The zero-order chi connectivity index (χ0) is 13.8. The van der Waals surface area contributed by atoms with Crippen molar-refractivity contribution in [1.29, 1.82) is 0 Å². The molecule has 0 unspecified atom stereocenters. The van der Waals surface area contributed by atoms with Crippen LogP contribution in [0.3, 0.4) is 0 Å². The van der Waals surface area contributed by atoms with Crippen molar-refractivity contribution in [3.63, 3.8) is 0 Å². The van der Waals surface area contributed by atoms with Crippen molar-refractivity contribution in [3.8, 4) is 0 Å². The summed E-state index contributed by atoms with van der Waals surface area (Å²) in [7, 11) is 2.06. The molecule has 1 fully saturated rings. The fourth-order valence-electron chi connectivity index (χ4n) is 2.46. The summed E-state index contributed by atoms with van der Waals surface area (Å²) in [5.41, 5.74) is 0. The molecule has 2 aromatic heterocycles. The van der Waals surface area contributed by atoms with Gasteiger partial charge in [0.15, 0.2) is 5.16 Å². The van der Waals surface area contributed by atoms with Crippen LogP contribution in [0.1, 0.15) is 24.6 Å². The Bertz CT molecular complexity index is 530. The van der Waals surface area contributed by atoms with Crippen LogP contribution in [-0.2, 0) is 13.6 Å². The summed E-state index contributed by atoms with van der Waals surface area (Å²) >= 11 is 1.72. The summed E-state index contributed by atoms with van der Waals surface area (Å²) in [6, 6.07) is 0. The molecule has 1 aliphatic rings. The first-order valence-corrected chi connectivity index (χ1v) is 7.88. The van der Waals surface area contributed by atoms with Crippen molar-refractivity contribution < 1.29 is 0 Å². The van der Waals surface area contributed by atoms with E-state index in [2.05, 4.69) is 37.3 Å². The lowest BCUT2D eigenvalue weighted by molar-refractivity contribution is 0.436. The van der Waals surface area contributed by atoms with Crippen molar-refractivity contribution in [2.75, 3.05) is 18.8 Å². The van der Waals surface area contributed by atoms with E-state index in [4.69, 9.17) is 0 Å². The summed E-state index contributed by atoms with van der Waals surface area (Å²) in [5, 5.41) is 20.7. The van der Waals surface area contributed by atoms with Crippen molar-refractivity contribution in [2.24, 2.45) is 7.05 Å². The number of aryl methyl sites for hydroxylation is 1. The van der Waals surface area contributed by atoms with E-state index >= 15 is 0 Å². The van der Waals surface area contributed by atoms with Gasteiger partial charge < -0.3 is 14.5 Å². The zero-order valence-electron chi connectivity index (χ0n) is 11.6. The highest BCUT2D eigenvalue weighted by Gasteiger charge is 2.21. The standard InChI is InChI=1S/C12H19N7S/c1-18-11(10-3-2-4-13-7-10)16-17-12(18)20-6-5-19-8-14-15-9-19/h8-10,13H,2-7H2,1H3/t10-/m0/s1. The number of hydrogen-bond donors (Lipinski definition) is 1. The van der Waals surface area contributed by atoms with E-state index in [9.17, 15) is 0 Å². The molecule has 8 heteroatoms. The lowest BCUT2D eigenvalue weighted by Gasteiger charge is -2.21. The lowest BCUT2D eigenvalue weighted by Crippen LogP contribution is -2.29. The van der Waals surface area contributed by atoms with Crippen molar-refractivity contribution in [3.05, 3.63) is 18.5 Å². The van der Waals surface area contributed by atoms with E-state index in [1.165, 1.54) is 12.8 Å². The first-order valence-electron chi connectivity index (χ1n) is 6.90. The maximum absolute atomic E-state index is 4.38. The smallest absolute Gasteiger partial charge is 0.191 e. The quantitative estimate of drug-likeness (QED) is 0.817. The van der Waals surface area contributed by atoms with Crippen LogP contribution >= 0.6 is 11.8 Å². The predicted octanol–water partition coefficient (Wildman–Crippen LogP) is 0.666. The molecule has 0 aliphatic carbocycles. The van der Waals surface area contributed by atoms with Crippen LogP contribution in [0.25, 0.3) is 0 Å². The van der Waals surface area contributed by atoms with Gasteiger partial charge in [-0.25, -0.2) is 0 Å². The molecule has 3 heterocycles. The number of thioether (sulfide) groups is 1. The second-order valence-corrected chi connectivity index (χ2v) is 6.05. The normalized spacial score (nSPS) is 19.4. The molecular weight excluding hydrogens is 274 g/mol. The zero-order valence-corrected chi connectivity index (χ0v) is 12.4. The number of nitrogens with one attached hydrogen (secondary N) is 1. The molecule has 0 aromatic carbocycles. The van der Waals surface area contributed by atoms with Gasteiger partial charge in [0.05, 0.1) is 0 Å². The minimum absolute atomic E-state index is 0.494. The summed E-state index contributed by atoms with van der Waals surface area (Å²) in [5.74, 6) is 2.53. The maximum Gasteiger partial charge on any atom is 0.191 e. The third kappa shape index (κ3) is 3.01.